The summed E-state index contributed by atoms with van der Waals surface area (Å²) in [5.74, 6) is 0. The maximum Gasteiger partial charge on any atom is 0.416 e. The molecule has 3 N–H and O–H groups in total. The summed E-state index contributed by atoms with van der Waals surface area (Å²) in [6.45, 7) is -0.686. The first-order chi connectivity index (χ1) is 7.77. The van der Waals surface area contributed by atoms with Crippen molar-refractivity contribution in [2.45, 2.75) is 18.4 Å². The van der Waals surface area contributed by atoms with Crippen molar-refractivity contribution in [3.05, 3.63) is 33.8 Å². The van der Waals surface area contributed by atoms with E-state index in [0.717, 1.165) is 18.2 Å². The Hall–Kier alpha value is -0.630. The molecule has 0 radical (unpaired) electrons. The maximum absolute atomic E-state index is 12.4. The van der Waals surface area contributed by atoms with Gasteiger partial charge in [-0.1, -0.05) is 22.0 Å². The first kappa shape index (κ1) is 14.4. The molecule has 2 unspecified atom stereocenters. The smallest absolute Gasteiger partial charge is 0.394 e. The first-order valence-corrected chi connectivity index (χ1v) is 5.40. The molecule has 96 valence electrons. The van der Waals surface area contributed by atoms with Crippen molar-refractivity contribution >= 4 is 15.9 Å². The van der Waals surface area contributed by atoms with Crippen LogP contribution in [0, 0.1) is 0 Å². The number of hydrogen-bond acceptors (Lipinski definition) is 3. The van der Waals surface area contributed by atoms with Gasteiger partial charge in [-0.15, -0.1) is 0 Å². The SMILES string of the molecule is OCC(O)C(O)c1ccc(C(F)(F)F)cc1Br. The normalized spacial score (nSPS) is 15.7. The molecule has 1 aromatic rings. The van der Waals surface area contributed by atoms with E-state index in [-0.39, 0.29) is 10.0 Å². The van der Waals surface area contributed by atoms with Crippen LogP contribution in [0.15, 0.2) is 22.7 Å². The van der Waals surface area contributed by atoms with Crippen molar-refractivity contribution in [2.24, 2.45) is 0 Å². The van der Waals surface area contributed by atoms with E-state index in [2.05, 4.69) is 15.9 Å². The topological polar surface area (TPSA) is 60.7 Å². The summed E-state index contributed by atoms with van der Waals surface area (Å²) in [5, 5.41) is 27.4. The average Bonchev–Trinajstić information content (AvgIpc) is 2.25. The second kappa shape index (κ2) is 5.34. The van der Waals surface area contributed by atoms with Gasteiger partial charge in [-0.2, -0.15) is 13.2 Å². The Morgan fingerprint density at radius 2 is 1.82 bits per heavy atom. The molecule has 17 heavy (non-hydrogen) atoms. The third-order valence-corrected chi connectivity index (χ3v) is 2.88. The van der Waals surface area contributed by atoms with Gasteiger partial charge in [0.05, 0.1) is 12.2 Å². The molecule has 0 aliphatic heterocycles. The molecule has 0 saturated carbocycles. The Morgan fingerprint density at radius 1 is 1.24 bits per heavy atom. The van der Waals surface area contributed by atoms with Gasteiger partial charge in [-0.3, -0.25) is 0 Å². The molecule has 0 amide bonds. The predicted octanol–water partition coefficient (Wildman–Crippen LogP) is 1.85. The first-order valence-electron chi connectivity index (χ1n) is 4.61. The molecule has 0 aliphatic carbocycles. The number of rotatable bonds is 3. The fourth-order valence-corrected chi connectivity index (χ4v) is 1.86. The summed E-state index contributed by atoms with van der Waals surface area (Å²) < 4.78 is 37.1. The monoisotopic (exact) mass is 314 g/mol. The fraction of sp³-hybridized carbons (Fsp3) is 0.400. The third-order valence-electron chi connectivity index (χ3n) is 2.20. The minimum Gasteiger partial charge on any atom is -0.394 e. The van der Waals surface area contributed by atoms with Crippen LogP contribution in [-0.2, 0) is 6.18 Å². The van der Waals surface area contributed by atoms with Crippen molar-refractivity contribution < 1.29 is 28.5 Å². The summed E-state index contributed by atoms with van der Waals surface area (Å²) in [5.41, 5.74) is -0.779. The van der Waals surface area contributed by atoms with E-state index >= 15 is 0 Å². The highest BCUT2D eigenvalue weighted by Gasteiger charge is 2.31. The van der Waals surface area contributed by atoms with E-state index in [1.807, 2.05) is 0 Å². The molecule has 3 nitrogen and oxygen atoms in total. The summed E-state index contributed by atoms with van der Waals surface area (Å²) in [6.07, 6.45) is -7.36. The van der Waals surface area contributed by atoms with Gasteiger partial charge in [-0.05, 0) is 17.7 Å². The van der Waals surface area contributed by atoms with Crippen molar-refractivity contribution in [1.29, 1.82) is 0 Å². The molecule has 0 aromatic heterocycles. The van der Waals surface area contributed by atoms with Gasteiger partial charge < -0.3 is 15.3 Å². The van der Waals surface area contributed by atoms with E-state index in [4.69, 9.17) is 5.11 Å². The Balaban J connectivity index is 3.06. The zero-order chi connectivity index (χ0) is 13.2. The largest absolute Gasteiger partial charge is 0.416 e. The molecule has 2 atom stereocenters. The highest BCUT2D eigenvalue weighted by molar-refractivity contribution is 9.10. The molecule has 1 aromatic carbocycles. The number of aliphatic hydroxyl groups excluding tert-OH is 3. The highest BCUT2D eigenvalue weighted by Crippen LogP contribution is 2.34. The Labute approximate surface area is 104 Å². The van der Waals surface area contributed by atoms with E-state index < -0.39 is 30.6 Å². The summed E-state index contributed by atoms with van der Waals surface area (Å²) in [7, 11) is 0. The molecule has 0 spiro atoms. The zero-order valence-corrected chi connectivity index (χ0v) is 10.0. The molecule has 0 bridgehead atoms. The van der Waals surface area contributed by atoms with Crippen LogP contribution < -0.4 is 0 Å². The minimum atomic E-state index is -4.47. The molecule has 0 aliphatic rings. The van der Waals surface area contributed by atoms with Crippen molar-refractivity contribution in [1.82, 2.24) is 0 Å². The average molecular weight is 315 g/mol. The molecule has 1 rings (SSSR count). The van der Waals surface area contributed by atoms with E-state index in [0.29, 0.717) is 0 Å². The predicted molar refractivity (Wildman–Crippen MR) is 57.2 cm³/mol. The van der Waals surface area contributed by atoms with Gasteiger partial charge in [0.15, 0.2) is 0 Å². The van der Waals surface area contributed by atoms with Crippen LogP contribution in [0.25, 0.3) is 0 Å². The molecule has 0 fully saturated rings. The Morgan fingerprint density at radius 3 is 2.24 bits per heavy atom. The lowest BCUT2D eigenvalue weighted by molar-refractivity contribution is -0.137. The number of hydrogen-bond donors (Lipinski definition) is 3. The molecular weight excluding hydrogens is 305 g/mol. The number of benzene rings is 1. The molecule has 0 saturated heterocycles. The van der Waals surface area contributed by atoms with Crippen LogP contribution in [-0.4, -0.2) is 28.0 Å². The summed E-state index contributed by atoms with van der Waals surface area (Å²) >= 11 is 2.88. The lowest BCUT2D eigenvalue weighted by Gasteiger charge is -2.18. The van der Waals surface area contributed by atoms with Crippen LogP contribution in [0.3, 0.4) is 0 Å². The molecule has 7 heteroatoms. The highest BCUT2D eigenvalue weighted by atomic mass is 79.9. The molecule has 0 heterocycles. The van der Waals surface area contributed by atoms with Crippen LogP contribution in [0.4, 0.5) is 13.2 Å². The summed E-state index contributed by atoms with van der Waals surface area (Å²) in [6, 6.07) is 2.66. The maximum atomic E-state index is 12.4. The fourth-order valence-electron chi connectivity index (χ4n) is 1.25. The summed E-state index contributed by atoms with van der Waals surface area (Å²) in [4.78, 5) is 0. The van der Waals surface area contributed by atoms with Crippen molar-refractivity contribution in [2.75, 3.05) is 6.61 Å². The van der Waals surface area contributed by atoms with Crippen molar-refractivity contribution in [3.63, 3.8) is 0 Å². The standard InChI is InChI=1S/C10H10BrF3O3/c11-7-3-5(10(12,13)14)1-2-6(7)9(17)8(16)4-15/h1-3,8-9,15-17H,4H2. The Bertz CT molecular complexity index is 395. The second-order valence-corrected chi connectivity index (χ2v) is 4.28. The third kappa shape index (κ3) is 3.41. The number of alkyl halides is 3. The van der Waals surface area contributed by atoms with E-state index in [9.17, 15) is 23.4 Å². The lowest BCUT2D eigenvalue weighted by Crippen LogP contribution is -2.22. The van der Waals surface area contributed by atoms with Crippen LogP contribution in [0.5, 0.6) is 0 Å². The van der Waals surface area contributed by atoms with E-state index in [1.165, 1.54) is 0 Å². The van der Waals surface area contributed by atoms with Gasteiger partial charge in [0.1, 0.15) is 12.2 Å². The van der Waals surface area contributed by atoms with Gasteiger partial charge in [0.2, 0.25) is 0 Å². The molecular formula is C10H10BrF3O3. The van der Waals surface area contributed by atoms with Gasteiger partial charge in [0, 0.05) is 4.47 Å². The van der Waals surface area contributed by atoms with E-state index in [1.54, 1.807) is 0 Å². The van der Waals surface area contributed by atoms with Crippen molar-refractivity contribution in [3.8, 4) is 0 Å². The van der Waals surface area contributed by atoms with Gasteiger partial charge in [-0.25, -0.2) is 0 Å². The quantitative estimate of drug-likeness (QED) is 0.798. The number of halogens is 4. The van der Waals surface area contributed by atoms with Gasteiger partial charge >= 0.3 is 6.18 Å². The lowest BCUT2D eigenvalue weighted by atomic mass is 10.0. The Kier molecular flexibility index (Phi) is 4.54. The minimum absolute atomic E-state index is 0.0207. The van der Waals surface area contributed by atoms with Crippen LogP contribution in [0.2, 0.25) is 0 Å². The van der Waals surface area contributed by atoms with Crippen LogP contribution >= 0.6 is 15.9 Å². The zero-order valence-electron chi connectivity index (χ0n) is 8.45. The second-order valence-electron chi connectivity index (χ2n) is 3.43. The van der Waals surface area contributed by atoms with Gasteiger partial charge in [0.25, 0.3) is 0 Å². The van der Waals surface area contributed by atoms with Crippen LogP contribution in [0.1, 0.15) is 17.2 Å². The number of aliphatic hydroxyl groups is 3.